The first-order chi connectivity index (χ1) is 8.69. The molecule has 0 aliphatic carbocycles. The maximum atomic E-state index is 10.1. The van der Waals surface area contributed by atoms with Crippen LogP contribution in [0.25, 0.3) is 0 Å². The van der Waals surface area contributed by atoms with E-state index in [1.807, 2.05) is 6.92 Å². The van der Waals surface area contributed by atoms with E-state index in [1.54, 1.807) is 24.3 Å². The predicted molar refractivity (Wildman–Crippen MR) is 68.2 cm³/mol. The molecule has 18 heavy (non-hydrogen) atoms. The molecule has 92 valence electrons. The van der Waals surface area contributed by atoms with Crippen molar-refractivity contribution >= 4 is 34.1 Å². The third kappa shape index (κ3) is 3.13. The van der Waals surface area contributed by atoms with Crippen LogP contribution in [0.1, 0.15) is 18.0 Å². The van der Waals surface area contributed by atoms with Crippen LogP contribution in [0.5, 0.6) is 5.75 Å². The summed E-state index contributed by atoms with van der Waals surface area (Å²) in [4.78, 5) is 13.5. The Morgan fingerprint density at radius 1 is 1.50 bits per heavy atom. The number of benzene rings is 1. The van der Waals surface area contributed by atoms with Gasteiger partial charge in [-0.1, -0.05) is 29.0 Å². The third-order valence-electron chi connectivity index (χ3n) is 2.03. The molecule has 0 bridgehead atoms. The number of aromatic nitrogens is 2. The van der Waals surface area contributed by atoms with Crippen LogP contribution in [0.4, 0.5) is 5.13 Å². The number of aliphatic imine (C=N–C) groups is 1. The van der Waals surface area contributed by atoms with Crippen LogP contribution in [0, 0.1) is 0 Å². The second-order valence-corrected chi connectivity index (χ2v) is 4.77. The average molecular weight is 282 g/mol. The van der Waals surface area contributed by atoms with Crippen LogP contribution in [0.15, 0.2) is 29.3 Å². The Kier molecular flexibility index (Phi) is 4.04. The molecule has 0 aliphatic heterocycles. The lowest BCUT2D eigenvalue weighted by molar-refractivity contribution is 0.225. The van der Waals surface area contributed by atoms with Gasteiger partial charge in [0.25, 0.3) is 0 Å². The van der Waals surface area contributed by atoms with E-state index in [1.165, 1.54) is 17.4 Å². The Balaban J connectivity index is 2.11. The summed E-state index contributed by atoms with van der Waals surface area (Å²) in [6.45, 7) is 1.83. The third-order valence-corrected chi connectivity index (χ3v) is 3.24. The first-order valence-electron chi connectivity index (χ1n) is 5.02. The zero-order valence-electron chi connectivity index (χ0n) is 9.33. The van der Waals surface area contributed by atoms with E-state index in [2.05, 4.69) is 15.2 Å². The molecule has 1 unspecified atom stereocenters. The summed E-state index contributed by atoms with van der Waals surface area (Å²) in [5, 5.41) is 9.10. The Morgan fingerprint density at radius 2 is 2.33 bits per heavy atom. The minimum absolute atomic E-state index is 0.265. The van der Waals surface area contributed by atoms with E-state index in [4.69, 9.17) is 16.3 Å². The van der Waals surface area contributed by atoms with Gasteiger partial charge in [0.15, 0.2) is 5.01 Å². The number of rotatable bonds is 4. The van der Waals surface area contributed by atoms with Gasteiger partial charge in [0.1, 0.15) is 11.9 Å². The zero-order chi connectivity index (χ0) is 13.0. The fourth-order valence-electron chi connectivity index (χ4n) is 1.27. The first-order valence-corrected chi connectivity index (χ1v) is 6.22. The molecule has 1 aromatic heterocycles. The Bertz CT molecular complexity index is 595. The second-order valence-electron chi connectivity index (χ2n) is 3.34. The van der Waals surface area contributed by atoms with Gasteiger partial charge in [-0.15, -0.1) is 15.2 Å². The number of hydrogen-bond acceptors (Lipinski definition) is 6. The SMILES string of the molecule is CC(Oc1cccc(Cl)c1)c1nnc(N=C=O)s1. The number of halogens is 1. The molecule has 0 aliphatic rings. The summed E-state index contributed by atoms with van der Waals surface area (Å²) in [7, 11) is 0. The van der Waals surface area contributed by atoms with Crippen molar-refractivity contribution in [1.82, 2.24) is 10.2 Å². The minimum atomic E-state index is -0.295. The molecule has 1 heterocycles. The van der Waals surface area contributed by atoms with E-state index in [0.717, 1.165) is 0 Å². The summed E-state index contributed by atoms with van der Waals surface area (Å²) in [5.74, 6) is 0.644. The van der Waals surface area contributed by atoms with Crippen LogP contribution < -0.4 is 4.74 Å². The summed E-state index contributed by atoms with van der Waals surface area (Å²) < 4.78 is 5.66. The lowest BCUT2D eigenvalue weighted by Gasteiger charge is -2.11. The predicted octanol–water partition coefficient (Wildman–Crippen LogP) is 3.30. The van der Waals surface area contributed by atoms with Crippen molar-refractivity contribution in [3.8, 4) is 5.75 Å². The Labute approximate surface area is 112 Å². The van der Waals surface area contributed by atoms with Gasteiger partial charge in [-0.3, -0.25) is 0 Å². The molecule has 0 amide bonds. The maximum Gasteiger partial charge on any atom is 0.242 e. The molecule has 0 radical (unpaired) electrons. The molecular formula is C11H8ClN3O2S. The van der Waals surface area contributed by atoms with E-state index in [0.29, 0.717) is 15.8 Å². The van der Waals surface area contributed by atoms with Gasteiger partial charge < -0.3 is 4.74 Å². The molecular weight excluding hydrogens is 274 g/mol. The molecule has 2 rings (SSSR count). The molecule has 1 atom stereocenters. The van der Waals surface area contributed by atoms with Crippen LogP contribution in [0.3, 0.4) is 0 Å². The van der Waals surface area contributed by atoms with Gasteiger partial charge in [-0.2, -0.15) is 0 Å². The van der Waals surface area contributed by atoms with Gasteiger partial charge in [0.05, 0.1) is 0 Å². The number of hydrogen-bond donors (Lipinski definition) is 0. The van der Waals surface area contributed by atoms with E-state index < -0.39 is 0 Å². The summed E-state index contributed by atoms with van der Waals surface area (Å²) in [6.07, 6.45) is 1.12. The molecule has 0 saturated heterocycles. The van der Waals surface area contributed by atoms with Crippen LogP contribution in [-0.4, -0.2) is 16.3 Å². The smallest absolute Gasteiger partial charge is 0.242 e. The fourth-order valence-corrected chi connectivity index (χ4v) is 2.10. The second kappa shape index (κ2) is 5.73. The van der Waals surface area contributed by atoms with Crippen molar-refractivity contribution in [2.45, 2.75) is 13.0 Å². The van der Waals surface area contributed by atoms with Gasteiger partial charge in [-0.25, -0.2) is 4.79 Å². The molecule has 7 heteroatoms. The molecule has 2 aromatic rings. The zero-order valence-corrected chi connectivity index (χ0v) is 10.9. The van der Waals surface area contributed by atoms with Crippen molar-refractivity contribution in [2.24, 2.45) is 4.99 Å². The lowest BCUT2D eigenvalue weighted by atomic mass is 10.3. The largest absolute Gasteiger partial charge is 0.483 e. The number of nitrogens with zero attached hydrogens (tertiary/aromatic N) is 3. The fraction of sp³-hybridized carbons (Fsp3) is 0.182. The van der Waals surface area contributed by atoms with Gasteiger partial charge in [0.2, 0.25) is 11.2 Å². The lowest BCUT2D eigenvalue weighted by Crippen LogP contribution is -2.02. The Hall–Kier alpha value is -1.75. The Morgan fingerprint density at radius 3 is 3.06 bits per heavy atom. The highest BCUT2D eigenvalue weighted by Crippen LogP contribution is 2.28. The summed E-state index contributed by atoms with van der Waals surface area (Å²) in [5.41, 5.74) is 0. The normalized spacial score (nSPS) is 11.7. The first kappa shape index (κ1) is 12.7. The van der Waals surface area contributed by atoms with Gasteiger partial charge in [0, 0.05) is 5.02 Å². The van der Waals surface area contributed by atoms with Crippen molar-refractivity contribution in [1.29, 1.82) is 0 Å². The summed E-state index contributed by atoms with van der Waals surface area (Å²) >= 11 is 7.04. The highest BCUT2D eigenvalue weighted by molar-refractivity contribution is 7.15. The van der Waals surface area contributed by atoms with E-state index in [9.17, 15) is 4.79 Å². The van der Waals surface area contributed by atoms with Gasteiger partial charge >= 0.3 is 0 Å². The average Bonchev–Trinajstić information content (AvgIpc) is 2.78. The minimum Gasteiger partial charge on any atom is -0.483 e. The van der Waals surface area contributed by atoms with E-state index in [-0.39, 0.29) is 11.2 Å². The molecule has 0 saturated carbocycles. The van der Waals surface area contributed by atoms with E-state index >= 15 is 0 Å². The molecule has 1 aromatic carbocycles. The number of carbonyl (C=O) groups excluding carboxylic acids is 1. The molecule has 0 spiro atoms. The topological polar surface area (TPSA) is 64.4 Å². The monoisotopic (exact) mass is 281 g/mol. The molecule has 5 nitrogen and oxygen atoms in total. The molecule has 0 fully saturated rings. The van der Waals surface area contributed by atoms with Crippen LogP contribution in [0.2, 0.25) is 5.02 Å². The van der Waals surface area contributed by atoms with Crippen molar-refractivity contribution in [3.05, 3.63) is 34.3 Å². The highest BCUT2D eigenvalue weighted by Gasteiger charge is 2.13. The highest BCUT2D eigenvalue weighted by atomic mass is 35.5. The maximum absolute atomic E-state index is 10.1. The van der Waals surface area contributed by atoms with Crippen LogP contribution >= 0.6 is 22.9 Å². The quantitative estimate of drug-likeness (QED) is 0.637. The molecule has 0 N–H and O–H groups in total. The summed E-state index contributed by atoms with van der Waals surface area (Å²) in [6, 6.07) is 7.07. The van der Waals surface area contributed by atoms with Crippen molar-refractivity contribution in [2.75, 3.05) is 0 Å². The van der Waals surface area contributed by atoms with Gasteiger partial charge in [-0.05, 0) is 25.1 Å². The number of isocyanates is 1. The standard InChI is InChI=1S/C11H8ClN3O2S/c1-7(10-14-15-11(18-10)13-6-16)17-9-4-2-3-8(12)5-9/h2-5,7H,1H3. The van der Waals surface area contributed by atoms with Crippen LogP contribution in [-0.2, 0) is 4.79 Å². The van der Waals surface area contributed by atoms with Crippen molar-refractivity contribution in [3.63, 3.8) is 0 Å². The number of ether oxygens (including phenoxy) is 1. The van der Waals surface area contributed by atoms with Crippen molar-refractivity contribution < 1.29 is 9.53 Å².